The van der Waals surface area contributed by atoms with E-state index in [0.717, 1.165) is 6.92 Å². The molecule has 5 nitrogen and oxygen atoms in total. The molecule has 0 aromatic heterocycles. The normalized spacial score (nSPS) is 15.1. The Morgan fingerprint density at radius 3 is 2.50 bits per heavy atom. The molecule has 0 saturated carbocycles. The van der Waals surface area contributed by atoms with Crippen molar-refractivity contribution in [2.45, 2.75) is 25.1 Å². The average molecular weight is 275 g/mol. The Morgan fingerprint density at radius 1 is 1.39 bits per heavy atom. The summed E-state index contributed by atoms with van der Waals surface area (Å²) in [6, 6.07) is 4.74. The monoisotopic (exact) mass is 275 g/mol. The van der Waals surface area contributed by atoms with E-state index in [9.17, 15) is 17.6 Å². The van der Waals surface area contributed by atoms with Gasteiger partial charge in [0.05, 0.1) is 0 Å². The molecule has 18 heavy (non-hydrogen) atoms. The number of sulfonamides is 1. The van der Waals surface area contributed by atoms with Crippen LogP contribution in [0.3, 0.4) is 0 Å². The van der Waals surface area contributed by atoms with Crippen LogP contribution in [-0.4, -0.2) is 24.7 Å². The highest BCUT2D eigenvalue weighted by atomic mass is 32.2. The van der Waals surface area contributed by atoms with Gasteiger partial charge in [-0.1, -0.05) is 12.1 Å². The van der Waals surface area contributed by atoms with Gasteiger partial charge in [0.2, 0.25) is 10.0 Å². The number of halogens is 1. The van der Waals surface area contributed by atoms with Crippen LogP contribution in [0, 0.1) is 5.82 Å². The van der Waals surface area contributed by atoms with Gasteiger partial charge in [0.15, 0.2) is 5.25 Å². The second-order valence-electron chi connectivity index (χ2n) is 3.92. The van der Waals surface area contributed by atoms with Crippen molar-refractivity contribution in [2.75, 3.05) is 0 Å². The van der Waals surface area contributed by atoms with Crippen molar-refractivity contribution in [3.8, 4) is 0 Å². The summed E-state index contributed by atoms with van der Waals surface area (Å²) in [6.07, 6.45) is 0. The predicted molar refractivity (Wildman–Crippen MR) is 64.0 cm³/mol. The number of hydrogen-bond donors (Lipinski definition) is 2. The van der Waals surface area contributed by atoms with Gasteiger partial charge in [0, 0.05) is 6.04 Å². The number of carboxylic acid groups (broad SMARTS) is 1. The first-order chi connectivity index (χ1) is 8.24. The van der Waals surface area contributed by atoms with Gasteiger partial charge in [-0.3, -0.25) is 4.79 Å². The molecule has 1 aromatic rings. The summed E-state index contributed by atoms with van der Waals surface area (Å²) in [5.41, 5.74) is 0.427. The van der Waals surface area contributed by atoms with Gasteiger partial charge in [0.25, 0.3) is 0 Å². The molecule has 0 radical (unpaired) electrons. The van der Waals surface area contributed by atoms with Crippen LogP contribution in [0.2, 0.25) is 0 Å². The standard InChI is InChI=1S/C11H14FNO4S/c1-7(9-4-3-5-10(12)6-9)13-18(16,17)8(2)11(14)15/h3-8,13H,1-2H3,(H,14,15)/t7-,8?/m1/s1. The third-order valence-electron chi connectivity index (χ3n) is 2.50. The number of carbonyl (C=O) groups is 1. The first-order valence-corrected chi connectivity index (χ1v) is 6.78. The summed E-state index contributed by atoms with van der Waals surface area (Å²) >= 11 is 0. The van der Waals surface area contributed by atoms with Crippen LogP contribution in [0.25, 0.3) is 0 Å². The topological polar surface area (TPSA) is 83.5 Å². The highest BCUT2D eigenvalue weighted by Gasteiger charge is 2.29. The highest BCUT2D eigenvalue weighted by molar-refractivity contribution is 7.90. The van der Waals surface area contributed by atoms with Crippen LogP contribution in [-0.2, 0) is 14.8 Å². The molecule has 0 aliphatic rings. The molecule has 0 amide bonds. The fourth-order valence-corrected chi connectivity index (χ4v) is 2.42. The maximum Gasteiger partial charge on any atom is 0.323 e. The zero-order valence-corrected chi connectivity index (χ0v) is 10.7. The Bertz CT molecular complexity index is 544. The minimum Gasteiger partial charge on any atom is -0.480 e. The number of rotatable bonds is 5. The van der Waals surface area contributed by atoms with Crippen LogP contribution < -0.4 is 4.72 Å². The molecular weight excluding hydrogens is 261 g/mol. The second-order valence-corrected chi connectivity index (χ2v) is 5.95. The molecule has 1 aromatic carbocycles. The zero-order chi connectivity index (χ0) is 13.9. The van der Waals surface area contributed by atoms with Crippen molar-refractivity contribution in [1.29, 1.82) is 0 Å². The summed E-state index contributed by atoms with van der Waals surface area (Å²) in [5, 5.41) is 7.10. The van der Waals surface area contributed by atoms with E-state index >= 15 is 0 Å². The van der Waals surface area contributed by atoms with Gasteiger partial charge in [-0.05, 0) is 31.5 Å². The molecule has 100 valence electrons. The highest BCUT2D eigenvalue weighted by Crippen LogP contribution is 2.15. The quantitative estimate of drug-likeness (QED) is 0.848. The predicted octanol–water partition coefficient (Wildman–Crippen LogP) is 1.28. The molecule has 0 heterocycles. The van der Waals surface area contributed by atoms with Gasteiger partial charge in [0.1, 0.15) is 5.82 Å². The van der Waals surface area contributed by atoms with Crippen molar-refractivity contribution in [2.24, 2.45) is 0 Å². The molecule has 2 atom stereocenters. The molecule has 0 aliphatic carbocycles. The smallest absolute Gasteiger partial charge is 0.323 e. The molecule has 0 fully saturated rings. The minimum atomic E-state index is -3.99. The molecule has 7 heteroatoms. The van der Waals surface area contributed by atoms with E-state index in [1.165, 1.54) is 25.1 Å². The lowest BCUT2D eigenvalue weighted by Gasteiger charge is -2.16. The molecule has 0 bridgehead atoms. The minimum absolute atomic E-state index is 0.427. The van der Waals surface area contributed by atoms with Gasteiger partial charge in [-0.15, -0.1) is 0 Å². The molecule has 0 aliphatic heterocycles. The van der Waals surface area contributed by atoms with E-state index < -0.39 is 33.1 Å². The lowest BCUT2D eigenvalue weighted by Crippen LogP contribution is -2.38. The third-order valence-corrected chi connectivity index (χ3v) is 4.32. The van der Waals surface area contributed by atoms with Crippen molar-refractivity contribution in [3.05, 3.63) is 35.6 Å². The van der Waals surface area contributed by atoms with E-state index in [4.69, 9.17) is 5.11 Å². The van der Waals surface area contributed by atoms with Gasteiger partial charge < -0.3 is 5.11 Å². The van der Waals surface area contributed by atoms with Gasteiger partial charge in [-0.2, -0.15) is 0 Å². The fourth-order valence-electron chi connectivity index (χ4n) is 1.33. The summed E-state index contributed by atoms with van der Waals surface area (Å²) in [5.74, 6) is -1.92. The van der Waals surface area contributed by atoms with Gasteiger partial charge in [-0.25, -0.2) is 17.5 Å². The van der Waals surface area contributed by atoms with Crippen LogP contribution in [0.15, 0.2) is 24.3 Å². The van der Waals surface area contributed by atoms with Gasteiger partial charge >= 0.3 is 5.97 Å². The Labute approximate surface area is 105 Å². The Balaban J connectivity index is 2.88. The molecule has 2 N–H and O–H groups in total. The van der Waals surface area contributed by atoms with Crippen LogP contribution in [0.4, 0.5) is 4.39 Å². The van der Waals surface area contributed by atoms with Crippen molar-refractivity contribution < 1.29 is 22.7 Å². The van der Waals surface area contributed by atoms with E-state index in [1.54, 1.807) is 6.07 Å². The fraction of sp³-hybridized carbons (Fsp3) is 0.364. The molecule has 0 saturated heterocycles. The summed E-state index contributed by atoms with van der Waals surface area (Å²) in [4.78, 5) is 10.6. The van der Waals surface area contributed by atoms with Crippen LogP contribution in [0.1, 0.15) is 25.5 Å². The summed E-state index contributed by atoms with van der Waals surface area (Å²) < 4.78 is 38.5. The molecule has 1 rings (SSSR count). The number of aliphatic carboxylic acids is 1. The summed E-state index contributed by atoms with van der Waals surface area (Å²) in [6.45, 7) is 2.59. The van der Waals surface area contributed by atoms with Crippen molar-refractivity contribution in [3.63, 3.8) is 0 Å². The van der Waals surface area contributed by atoms with E-state index in [0.29, 0.717) is 5.56 Å². The first-order valence-electron chi connectivity index (χ1n) is 5.23. The lowest BCUT2D eigenvalue weighted by molar-refractivity contribution is -0.136. The zero-order valence-electron chi connectivity index (χ0n) is 9.92. The average Bonchev–Trinajstić information content (AvgIpc) is 2.27. The molecule has 0 spiro atoms. The number of benzene rings is 1. The number of carboxylic acids is 1. The van der Waals surface area contributed by atoms with Crippen molar-refractivity contribution in [1.82, 2.24) is 4.72 Å². The Hall–Kier alpha value is -1.47. The summed E-state index contributed by atoms with van der Waals surface area (Å²) in [7, 11) is -3.99. The SMILES string of the molecule is CC(C(=O)O)S(=O)(=O)N[C@H](C)c1cccc(F)c1. The number of hydrogen-bond acceptors (Lipinski definition) is 3. The van der Waals surface area contributed by atoms with Crippen LogP contribution in [0.5, 0.6) is 0 Å². The van der Waals surface area contributed by atoms with E-state index in [-0.39, 0.29) is 0 Å². The molecule has 1 unspecified atom stereocenters. The Kier molecular flexibility index (Phi) is 4.42. The van der Waals surface area contributed by atoms with E-state index in [1.807, 2.05) is 0 Å². The third kappa shape index (κ3) is 3.51. The second kappa shape index (κ2) is 5.45. The van der Waals surface area contributed by atoms with Crippen molar-refractivity contribution >= 4 is 16.0 Å². The lowest BCUT2D eigenvalue weighted by atomic mass is 10.1. The van der Waals surface area contributed by atoms with E-state index in [2.05, 4.69) is 4.72 Å². The Morgan fingerprint density at radius 2 is 2.00 bits per heavy atom. The maximum absolute atomic E-state index is 13.0. The van der Waals surface area contributed by atoms with Crippen LogP contribution >= 0.6 is 0 Å². The first kappa shape index (κ1) is 14.6. The number of nitrogens with one attached hydrogen (secondary N) is 1. The molecular formula is C11H14FNO4S. The maximum atomic E-state index is 13.0. The largest absolute Gasteiger partial charge is 0.480 e.